The number of thioether (sulfide) groups is 1. The number of rotatable bonds is 6. The Labute approximate surface area is 257 Å². The van der Waals surface area contributed by atoms with Gasteiger partial charge in [-0.2, -0.15) is 4.57 Å². The Morgan fingerprint density at radius 1 is 0.810 bits per heavy atom. The average molecular weight is 586 g/mol. The SMILES string of the molecule is CCC1=C(C=Cc2sc3c4ccccc4ccc3[n+]2CC)CCCC1=CC=C1Sc2c(ccc3ccccc23)N1CC. The molecular weight excluding hydrogens is 549 g/mol. The van der Waals surface area contributed by atoms with Gasteiger partial charge in [-0.25, -0.2) is 0 Å². The van der Waals surface area contributed by atoms with Crippen molar-refractivity contribution < 1.29 is 4.57 Å². The van der Waals surface area contributed by atoms with Crippen LogP contribution < -0.4 is 9.47 Å². The van der Waals surface area contributed by atoms with Crippen LogP contribution in [0, 0.1) is 0 Å². The number of aryl methyl sites for hydroxylation is 1. The maximum Gasteiger partial charge on any atom is 0.262 e. The highest BCUT2D eigenvalue weighted by Crippen LogP contribution is 2.49. The van der Waals surface area contributed by atoms with Crippen molar-refractivity contribution in [3.8, 4) is 0 Å². The molecule has 7 rings (SSSR count). The Morgan fingerprint density at radius 3 is 2.36 bits per heavy atom. The minimum Gasteiger partial charge on any atom is -0.335 e. The average Bonchev–Trinajstić information content (AvgIpc) is 3.60. The van der Waals surface area contributed by atoms with Crippen LogP contribution in [0.3, 0.4) is 0 Å². The maximum absolute atomic E-state index is 2.47. The molecule has 0 saturated carbocycles. The second-order valence-corrected chi connectivity index (χ2v) is 13.1. The molecule has 0 N–H and O–H groups in total. The summed E-state index contributed by atoms with van der Waals surface area (Å²) in [7, 11) is 0. The van der Waals surface area contributed by atoms with Crippen molar-refractivity contribution in [1.82, 2.24) is 0 Å². The van der Waals surface area contributed by atoms with Gasteiger partial charge in [-0.3, -0.25) is 0 Å². The fourth-order valence-corrected chi connectivity index (χ4v) is 9.23. The number of benzene rings is 4. The minimum atomic E-state index is 0.972. The fourth-order valence-electron chi connectivity index (χ4n) is 6.70. The predicted octanol–water partition coefficient (Wildman–Crippen LogP) is 10.8. The molecule has 1 aromatic heterocycles. The molecule has 0 radical (unpaired) electrons. The molecule has 0 bridgehead atoms. The first-order valence-corrected chi connectivity index (χ1v) is 17.0. The first kappa shape index (κ1) is 27.2. The molecule has 0 saturated heterocycles. The van der Waals surface area contributed by atoms with Gasteiger partial charge in [0, 0.05) is 29.0 Å². The second kappa shape index (κ2) is 11.6. The molecular formula is C38H37N2S2+. The summed E-state index contributed by atoms with van der Waals surface area (Å²) in [5.41, 5.74) is 7.20. The second-order valence-electron chi connectivity index (χ2n) is 11.0. The van der Waals surface area contributed by atoms with E-state index >= 15 is 0 Å². The van der Waals surface area contributed by atoms with E-state index < -0.39 is 0 Å². The van der Waals surface area contributed by atoms with E-state index in [2.05, 4.69) is 127 Å². The third-order valence-electron chi connectivity index (χ3n) is 8.75. The van der Waals surface area contributed by atoms with Gasteiger partial charge in [0.2, 0.25) is 5.52 Å². The van der Waals surface area contributed by atoms with Crippen LogP contribution in [-0.2, 0) is 6.54 Å². The molecule has 0 atom stereocenters. The van der Waals surface area contributed by atoms with E-state index in [-0.39, 0.29) is 0 Å². The van der Waals surface area contributed by atoms with Crippen LogP contribution in [0.2, 0.25) is 0 Å². The van der Waals surface area contributed by atoms with Gasteiger partial charge < -0.3 is 4.90 Å². The molecule has 0 spiro atoms. The molecule has 2 nitrogen and oxygen atoms in total. The molecule has 2 heterocycles. The highest BCUT2D eigenvalue weighted by Gasteiger charge is 2.26. The number of thiazole rings is 1. The maximum atomic E-state index is 2.47. The molecule has 0 unspecified atom stereocenters. The van der Waals surface area contributed by atoms with Crippen LogP contribution in [0.4, 0.5) is 5.69 Å². The van der Waals surface area contributed by atoms with Crippen molar-refractivity contribution in [3.63, 3.8) is 0 Å². The molecule has 0 fully saturated rings. The summed E-state index contributed by atoms with van der Waals surface area (Å²) in [5.74, 6) is 0. The molecule has 210 valence electrons. The monoisotopic (exact) mass is 585 g/mol. The van der Waals surface area contributed by atoms with Gasteiger partial charge in [-0.05, 0) is 90.6 Å². The van der Waals surface area contributed by atoms with E-state index in [0.717, 1.165) is 32.4 Å². The Morgan fingerprint density at radius 2 is 1.57 bits per heavy atom. The first-order valence-electron chi connectivity index (χ1n) is 15.3. The van der Waals surface area contributed by atoms with Crippen LogP contribution in [0.25, 0.3) is 37.8 Å². The zero-order valence-electron chi connectivity index (χ0n) is 24.7. The lowest BCUT2D eigenvalue weighted by atomic mass is 9.85. The Kier molecular flexibility index (Phi) is 7.52. The molecule has 5 aromatic rings. The summed E-state index contributed by atoms with van der Waals surface area (Å²) >= 11 is 3.84. The van der Waals surface area contributed by atoms with Crippen molar-refractivity contribution in [2.24, 2.45) is 0 Å². The Bertz CT molecular complexity index is 1950. The van der Waals surface area contributed by atoms with E-state index in [9.17, 15) is 0 Å². The van der Waals surface area contributed by atoms with E-state index in [4.69, 9.17) is 0 Å². The van der Waals surface area contributed by atoms with Crippen molar-refractivity contribution >= 4 is 66.6 Å². The van der Waals surface area contributed by atoms with Gasteiger partial charge in [-0.1, -0.05) is 96.8 Å². The summed E-state index contributed by atoms with van der Waals surface area (Å²) in [6.45, 7) is 8.77. The third-order valence-corrected chi connectivity index (χ3v) is 11.1. The zero-order valence-corrected chi connectivity index (χ0v) is 26.3. The summed E-state index contributed by atoms with van der Waals surface area (Å²) in [6.07, 6.45) is 14.2. The van der Waals surface area contributed by atoms with Gasteiger partial charge in [0.25, 0.3) is 5.01 Å². The van der Waals surface area contributed by atoms with Gasteiger partial charge in [0.05, 0.1) is 10.7 Å². The van der Waals surface area contributed by atoms with Crippen LogP contribution >= 0.6 is 23.1 Å². The van der Waals surface area contributed by atoms with Gasteiger partial charge in [0.15, 0.2) is 0 Å². The lowest BCUT2D eigenvalue weighted by Crippen LogP contribution is -2.33. The number of hydrogen-bond donors (Lipinski definition) is 0. The molecule has 0 amide bonds. The standard InChI is InChI=1S/C38H37N2S2/c1-4-30-26(20-24-35-39(5-2)33-22-18-28-12-7-9-16-31(28)37(33)41-35)14-11-15-27(30)21-25-36-40(6-3)34-23-19-29-13-8-10-17-32(29)38(34)42-36/h7-10,12-13,16-25H,4-6,11,14-15H2,1-3H3/q+1. The summed E-state index contributed by atoms with van der Waals surface area (Å²) in [6, 6.07) is 26.6. The van der Waals surface area contributed by atoms with Crippen molar-refractivity contribution in [3.05, 3.63) is 118 Å². The molecule has 1 aliphatic heterocycles. The fraction of sp³-hybridized carbons (Fsp3) is 0.237. The smallest absolute Gasteiger partial charge is 0.262 e. The molecule has 4 heteroatoms. The van der Waals surface area contributed by atoms with E-state index in [1.807, 2.05) is 23.1 Å². The summed E-state index contributed by atoms with van der Waals surface area (Å²) in [5, 5.41) is 8.00. The number of aromatic nitrogens is 1. The van der Waals surface area contributed by atoms with Crippen molar-refractivity contribution in [2.75, 3.05) is 11.4 Å². The molecule has 1 aliphatic carbocycles. The van der Waals surface area contributed by atoms with Gasteiger partial charge in [0.1, 0.15) is 11.2 Å². The Balaban J connectivity index is 1.23. The molecule has 42 heavy (non-hydrogen) atoms. The molecule has 2 aliphatic rings. The third kappa shape index (κ3) is 4.71. The lowest BCUT2D eigenvalue weighted by Gasteiger charge is -2.21. The van der Waals surface area contributed by atoms with Gasteiger partial charge in [-0.15, -0.1) is 0 Å². The van der Waals surface area contributed by atoms with Crippen LogP contribution in [0.15, 0.2) is 118 Å². The lowest BCUT2D eigenvalue weighted by molar-refractivity contribution is -0.665. The van der Waals surface area contributed by atoms with E-state index in [1.54, 1.807) is 0 Å². The zero-order chi connectivity index (χ0) is 28.6. The normalized spacial score (nSPS) is 17.6. The number of anilines is 1. The molecule has 4 aromatic carbocycles. The van der Waals surface area contributed by atoms with E-state index in [1.165, 1.54) is 75.5 Å². The number of nitrogens with zero attached hydrogens (tertiary/aromatic N) is 2. The Hall–Kier alpha value is -3.60. The highest BCUT2D eigenvalue weighted by atomic mass is 32.2. The number of fused-ring (bicyclic) bond motifs is 6. The minimum absolute atomic E-state index is 0.972. The summed E-state index contributed by atoms with van der Waals surface area (Å²) < 4.78 is 3.86. The predicted molar refractivity (Wildman–Crippen MR) is 184 cm³/mol. The number of allylic oxidation sites excluding steroid dienone is 6. The highest BCUT2D eigenvalue weighted by molar-refractivity contribution is 8.04. The van der Waals surface area contributed by atoms with Crippen LogP contribution in [0.5, 0.6) is 0 Å². The number of hydrogen-bond acceptors (Lipinski definition) is 3. The van der Waals surface area contributed by atoms with Crippen molar-refractivity contribution in [2.45, 2.75) is 57.9 Å². The topological polar surface area (TPSA) is 7.12 Å². The van der Waals surface area contributed by atoms with Crippen LogP contribution in [0.1, 0.15) is 51.5 Å². The van der Waals surface area contributed by atoms with Crippen LogP contribution in [-0.4, -0.2) is 6.54 Å². The van der Waals surface area contributed by atoms with E-state index in [0.29, 0.717) is 0 Å². The van der Waals surface area contributed by atoms with Crippen molar-refractivity contribution in [1.29, 1.82) is 0 Å². The summed E-state index contributed by atoms with van der Waals surface area (Å²) in [4.78, 5) is 3.86. The first-order chi connectivity index (χ1) is 20.7. The van der Waals surface area contributed by atoms with Gasteiger partial charge >= 0.3 is 0 Å². The quantitative estimate of drug-likeness (QED) is 0.183. The largest absolute Gasteiger partial charge is 0.335 e.